The van der Waals surface area contributed by atoms with Gasteiger partial charge in [-0.1, -0.05) is 45.0 Å². The lowest BCUT2D eigenvalue weighted by molar-refractivity contribution is 0.412. The molecular formula is C19H23N3O2S. The Labute approximate surface area is 150 Å². The summed E-state index contributed by atoms with van der Waals surface area (Å²) < 4.78 is 24.6. The minimum atomic E-state index is -3.07. The Bertz CT molecular complexity index is 852. The molecule has 5 nitrogen and oxygen atoms in total. The van der Waals surface area contributed by atoms with Gasteiger partial charge in [0, 0.05) is 13.6 Å². The molecule has 0 aliphatic carbocycles. The van der Waals surface area contributed by atoms with Crippen LogP contribution < -0.4 is 8.61 Å². The summed E-state index contributed by atoms with van der Waals surface area (Å²) in [5.74, 6) is 0. The summed E-state index contributed by atoms with van der Waals surface area (Å²) in [4.78, 5) is 0. The van der Waals surface area contributed by atoms with Gasteiger partial charge < -0.3 is 0 Å². The van der Waals surface area contributed by atoms with E-state index >= 15 is 0 Å². The van der Waals surface area contributed by atoms with Gasteiger partial charge >= 0.3 is 0 Å². The predicted molar refractivity (Wildman–Crippen MR) is 105 cm³/mol. The quantitative estimate of drug-likeness (QED) is 0.781. The second-order valence-corrected chi connectivity index (χ2v) is 9.41. The van der Waals surface area contributed by atoms with E-state index < -0.39 is 11.0 Å². The molecule has 1 heterocycles. The van der Waals surface area contributed by atoms with Crippen molar-refractivity contribution >= 4 is 22.3 Å². The van der Waals surface area contributed by atoms with Gasteiger partial charge in [0.05, 0.1) is 23.0 Å². The average Bonchev–Trinajstić information content (AvgIpc) is 2.74. The van der Waals surface area contributed by atoms with E-state index in [0.717, 1.165) is 22.5 Å². The van der Waals surface area contributed by atoms with Crippen molar-refractivity contribution in [3.05, 3.63) is 48.0 Å². The SMILES string of the molecule is CN1c2cc(-c3ccccc3C#N)ccc2N(CC(C)(C)C)S1(O)O. The summed E-state index contributed by atoms with van der Waals surface area (Å²) >= 11 is 0. The Morgan fingerprint density at radius 2 is 1.76 bits per heavy atom. The molecule has 0 saturated carbocycles. The van der Waals surface area contributed by atoms with Crippen molar-refractivity contribution < 1.29 is 9.11 Å². The van der Waals surface area contributed by atoms with E-state index in [1.165, 1.54) is 4.31 Å². The van der Waals surface area contributed by atoms with Gasteiger partial charge in [0.2, 0.25) is 0 Å². The molecule has 1 aliphatic rings. The number of hydrogen-bond acceptors (Lipinski definition) is 5. The van der Waals surface area contributed by atoms with Crippen molar-refractivity contribution in [3.8, 4) is 17.2 Å². The first-order chi connectivity index (χ1) is 11.6. The lowest BCUT2D eigenvalue weighted by Gasteiger charge is -2.44. The molecule has 0 atom stereocenters. The third-order valence-corrected chi connectivity index (χ3v) is 6.07. The molecule has 0 fully saturated rings. The number of fused-ring (bicyclic) bond motifs is 1. The normalized spacial score (nSPS) is 17.2. The molecule has 132 valence electrons. The first-order valence-corrected chi connectivity index (χ1v) is 9.54. The number of benzene rings is 2. The fourth-order valence-corrected chi connectivity index (χ4v) is 4.69. The zero-order chi connectivity index (χ0) is 18.4. The average molecular weight is 357 g/mol. The van der Waals surface area contributed by atoms with Crippen molar-refractivity contribution in [1.82, 2.24) is 0 Å². The summed E-state index contributed by atoms with van der Waals surface area (Å²) in [6.07, 6.45) is 0. The lowest BCUT2D eigenvalue weighted by atomic mass is 9.96. The molecule has 0 radical (unpaired) electrons. The Balaban J connectivity index is 2.10. The van der Waals surface area contributed by atoms with Gasteiger partial charge in [-0.2, -0.15) is 5.26 Å². The lowest BCUT2D eigenvalue weighted by Crippen LogP contribution is -2.36. The zero-order valence-corrected chi connectivity index (χ0v) is 15.7. The number of hydrogen-bond donors (Lipinski definition) is 2. The third kappa shape index (κ3) is 3.07. The molecule has 0 aromatic heterocycles. The van der Waals surface area contributed by atoms with Gasteiger partial charge in [0.25, 0.3) is 0 Å². The van der Waals surface area contributed by atoms with E-state index in [1.54, 1.807) is 17.4 Å². The van der Waals surface area contributed by atoms with Crippen molar-refractivity contribution in [3.63, 3.8) is 0 Å². The molecule has 0 saturated heterocycles. The maximum absolute atomic E-state index is 10.7. The topological polar surface area (TPSA) is 70.7 Å². The Morgan fingerprint density at radius 3 is 2.40 bits per heavy atom. The third-order valence-electron chi connectivity index (χ3n) is 4.22. The van der Waals surface area contributed by atoms with E-state index in [1.807, 2.05) is 36.4 Å². The molecule has 1 aliphatic heterocycles. The van der Waals surface area contributed by atoms with Crippen molar-refractivity contribution in [2.24, 2.45) is 5.41 Å². The van der Waals surface area contributed by atoms with E-state index in [9.17, 15) is 14.4 Å². The molecule has 2 N–H and O–H groups in total. The largest absolute Gasteiger partial charge is 0.264 e. The van der Waals surface area contributed by atoms with Gasteiger partial charge in [-0.3, -0.25) is 17.7 Å². The van der Waals surface area contributed by atoms with Crippen molar-refractivity contribution in [2.75, 3.05) is 22.2 Å². The van der Waals surface area contributed by atoms with Crippen LogP contribution in [0.2, 0.25) is 0 Å². The molecule has 0 unspecified atom stereocenters. The standard InChI is InChI=1S/C19H23N3O2S/c1-19(2,3)13-22-17-10-9-14(11-18(17)21(4)25(22,23)24)16-8-6-5-7-15(16)12-20/h5-11,23-24H,13H2,1-4H3. The van der Waals surface area contributed by atoms with Crippen LogP contribution >= 0.6 is 11.0 Å². The monoisotopic (exact) mass is 357 g/mol. The molecule has 0 spiro atoms. The highest BCUT2D eigenvalue weighted by molar-refractivity contribution is 8.26. The highest BCUT2D eigenvalue weighted by Gasteiger charge is 2.40. The minimum Gasteiger partial charge on any atom is -0.264 e. The zero-order valence-electron chi connectivity index (χ0n) is 14.9. The molecule has 0 bridgehead atoms. The summed E-state index contributed by atoms with van der Waals surface area (Å²) in [5.41, 5.74) is 3.80. The summed E-state index contributed by atoms with van der Waals surface area (Å²) in [6, 6.07) is 15.4. The Kier molecular flexibility index (Phi) is 4.20. The molecule has 6 heteroatoms. The molecule has 0 amide bonds. The summed E-state index contributed by atoms with van der Waals surface area (Å²) in [5, 5.41) is 9.33. The van der Waals surface area contributed by atoms with Gasteiger partial charge in [0.1, 0.15) is 0 Å². The Hall–Kier alpha value is -2.20. The number of nitriles is 1. The minimum absolute atomic E-state index is 0.0851. The van der Waals surface area contributed by atoms with Crippen LogP contribution in [0.3, 0.4) is 0 Å². The Morgan fingerprint density at radius 1 is 1.08 bits per heavy atom. The predicted octanol–water partition coefficient (Wildman–Crippen LogP) is 5.11. The van der Waals surface area contributed by atoms with Crippen LogP contribution in [0.25, 0.3) is 11.1 Å². The van der Waals surface area contributed by atoms with Gasteiger partial charge in [0.15, 0.2) is 0 Å². The summed E-state index contributed by atoms with van der Waals surface area (Å²) in [6.45, 7) is 6.73. The van der Waals surface area contributed by atoms with Crippen molar-refractivity contribution in [1.29, 1.82) is 5.26 Å². The van der Waals surface area contributed by atoms with Crippen LogP contribution in [0.15, 0.2) is 42.5 Å². The highest BCUT2D eigenvalue weighted by atomic mass is 32.3. The van der Waals surface area contributed by atoms with Gasteiger partial charge in [-0.05, 0) is 45.7 Å². The molecular weight excluding hydrogens is 334 g/mol. The van der Waals surface area contributed by atoms with Gasteiger partial charge in [-0.25, -0.2) is 0 Å². The fraction of sp³-hybridized carbons (Fsp3) is 0.316. The smallest absolute Gasteiger partial charge is 0.0998 e. The van der Waals surface area contributed by atoms with Crippen LogP contribution in [0.4, 0.5) is 11.4 Å². The number of anilines is 2. The first-order valence-electron chi connectivity index (χ1n) is 8.08. The van der Waals surface area contributed by atoms with Crippen molar-refractivity contribution in [2.45, 2.75) is 20.8 Å². The molecule has 2 aromatic rings. The highest BCUT2D eigenvalue weighted by Crippen LogP contribution is 2.61. The van der Waals surface area contributed by atoms with E-state index in [2.05, 4.69) is 26.8 Å². The van der Waals surface area contributed by atoms with E-state index in [0.29, 0.717) is 12.1 Å². The van der Waals surface area contributed by atoms with E-state index in [-0.39, 0.29) is 5.41 Å². The van der Waals surface area contributed by atoms with Crippen LogP contribution in [0.1, 0.15) is 26.3 Å². The fourth-order valence-electron chi connectivity index (χ4n) is 3.00. The molecule has 25 heavy (non-hydrogen) atoms. The van der Waals surface area contributed by atoms with Crippen LogP contribution in [0, 0.1) is 16.7 Å². The first kappa shape index (κ1) is 17.6. The van der Waals surface area contributed by atoms with E-state index in [4.69, 9.17) is 0 Å². The summed E-state index contributed by atoms with van der Waals surface area (Å²) in [7, 11) is -1.38. The number of rotatable bonds is 2. The van der Waals surface area contributed by atoms with Crippen LogP contribution in [-0.4, -0.2) is 22.7 Å². The van der Waals surface area contributed by atoms with Gasteiger partial charge in [-0.15, -0.1) is 0 Å². The maximum atomic E-state index is 10.7. The number of nitrogens with zero attached hydrogens (tertiary/aromatic N) is 3. The molecule has 3 rings (SSSR count). The maximum Gasteiger partial charge on any atom is 0.0998 e. The van der Waals surface area contributed by atoms with Crippen LogP contribution in [0.5, 0.6) is 0 Å². The molecule has 2 aromatic carbocycles. The second kappa shape index (κ2) is 5.95. The second-order valence-electron chi connectivity index (χ2n) is 7.45. The van der Waals surface area contributed by atoms with Crippen LogP contribution in [-0.2, 0) is 0 Å².